The predicted octanol–water partition coefficient (Wildman–Crippen LogP) is 2.26. The molecule has 1 aliphatic heterocycles. The van der Waals surface area contributed by atoms with Crippen LogP contribution >= 0.6 is 0 Å². The van der Waals surface area contributed by atoms with Gasteiger partial charge in [-0.25, -0.2) is 4.68 Å². The SMILES string of the molecule is CCCCn1nc(C(=O)N2CCOC(c3ccccc3)C2)ccc1=O. The van der Waals surface area contributed by atoms with Crippen LogP contribution in [0, 0.1) is 0 Å². The van der Waals surface area contributed by atoms with E-state index in [0.717, 1.165) is 18.4 Å². The Morgan fingerprint density at radius 2 is 2.04 bits per heavy atom. The van der Waals surface area contributed by atoms with Crippen molar-refractivity contribution < 1.29 is 9.53 Å². The Bertz CT molecular complexity index is 773. The molecule has 1 aromatic carbocycles. The van der Waals surface area contributed by atoms with Gasteiger partial charge in [-0.2, -0.15) is 5.10 Å². The average Bonchev–Trinajstić information content (AvgIpc) is 2.67. The summed E-state index contributed by atoms with van der Waals surface area (Å²) in [6.45, 7) is 4.08. The van der Waals surface area contributed by atoms with Crippen LogP contribution in [0.15, 0.2) is 47.3 Å². The van der Waals surface area contributed by atoms with E-state index in [1.54, 1.807) is 4.90 Å². The minimum atomic E-state index is -0.172. The van der Waals surface area contributed by atoms with Crippen LogP contribution in [-0.4, -0.2) is 40.3 Å². The fourth-order valence-corrected chi connectivity index (χ4v) is 2.90. The summed E-state index contributed by atoms with van der Waals surface area (Å²) in [5.41, 5.74) is 1.19. The molecule has 0 N–H and O–H groups in total. The molecule has 0 spiro atoms. The number of morpholine rings is 1. The lowest BCUT2D eigenvalue weighted by Gasteiger charge is -2.33. The molecule has 1 aromatic heterocycles. The number of ether oxygens (including phenoxy) is 1. The predicted molar refractivity (Wildman–Crippen MR) is 94.4 cm³/mol. The average molecular weight is 341 g/mol. The number of aromatic nitrogens is 2. The van der Waals surface area contributed by atoms with E-state index in [0.29, 0.717) is 31.9 Å². The van der Waals surface area contributed by atoms with Gasteiger partial charge in [0.05, 0.1) is 13.2 Å². The monoisotopic (exact) mass is 341 g/mol. The van der Waals surface area contributed by atoms with Crippen molar-refractivity contribution in [2.45, 2.75) is 32.4 Å². The topological polar surface area (TPSA) is 64.4 Å². The van der Waals surface area contributed by atoms with E-state index >= 15 is 0 Å². The van der Waals surface area contributed by atoms with E-state index in [4.69, 9.17) is 4.74 Å². The van der Waals surface area contributed by atoms with E-state index in [1.807, 2.05) is 30.3 Å². The highest BCUT2D eigenvalue weighted by molar-refractivity contribution is 5.92. The number of carbonyl (C=O) groups is 1. The van der Waals surface area contributed by atoms with Gasteiger partial charge in [0.15, 0.2) is 0 Å². The first-order valence-electron chi connectivity index (χ1n) is 8.73. The number of rotatable bonds is 5. The molecule has 1 amide bonds. The smallest absolute Gasteiger partial charge is 0.274 e. The van der Waals surface area contributed by atoms with Crippen molar-refractivity contribution in [2.24, 2.45) is 0 Å². The molecule has 1 atom stereocenters. The molecule has 3 rings (SSSR count). The molecule has 2 heterocycles. The molecule has 6 heteroatoms. The first-order valence-corrected chi connectivity index (χ1v) is 8.73. The Balaban J connectivity index is 1.75. The van der Waals surface area contributed by atoms with E-state index in [9.17, 15) is 9.59 Å². The van der Waals surface area contributed by atoms with Crippen molar-refractivity contribution in [2.75, 3.05) is 19.7 Å². The Hall–Kier alpha value is -2.47. The Labute approximate surface area is 147 Å². The number of benzene rings is 1. The molecule has 6 nitrogen and oxygen atoms in total. The van der Waals surface area contributed by atoms with E-state index < -0.39 is 0 Å². The van der Waals surface area contributed by atoms with Crippen LogP contribution in [0.5, 0.6) is 0 Å². The highest BCUT2D eigenvalue weighted by atomic mass is 16.5. The first kappa shape index (κ1) is 17.4. The fourth-order valence-electron chi connectivity index (χ4n) is 2.90. The molecule has 1 aliphatic rings. The Morgan fingerprint density at radius 1 is 1.24 bits per heavy atom. The summed E-state index contributed by atoms with van der Waals surface area (Å²) in [4.78, 5) is 26.4. The van der Waals surface area contributed by atoms with Crippen molar-refractivity contribution in [3.05, 3.63) is 64.1 Å². The minimum Gasteiger partial charge on any atom is -0.370 e. The van der Waals surface area contributed by atoms with Gasteiger partial charge in [0, 0.05) is 19.2 Å². The van der Waals surface area contributed by atoms with Crippen molar-refractivity contribution in [3.63, 3.8) is 0 Å². The summed E-state index contributed by atoms with van der Waals surface area (Å²) in [5.74, 6) is -0.158. The normalized spacial score (nSPS) is 17.5. The van der Waals surface area contributed by atoms with Gasteiger partial charge in [0.2, 0.25) is 0 Å². The van der Waals surface area contributed by atoms with Crippen LogP contribution in [0.25, 0.3) is 0 Å². The zero-order chi connectivity index (χ0) is 17.6. The molecule has 0 aliphatic carbocycles. The van der Waals surface area contributed by atoms with Crippen molar-refractivity contribution in [3.8, 4) is 0 Å². The summed E-state index contributed by atoms with van der Waals surface area (Å²) in [6.07, 6.45) is 1.69. The lowest BCUT2D eigenvalue weighted by Crippen LogP contribution is -2.43. The van der Waals surface area contributed by atoms with Crippen molar-refractivity contribution >= 4 is 5.91 Å². The lowest BCUT2D eigenvalue weighted by molar-refractivity contribution is -0.0231. The molecule has 1 fully saturated rings. The second kappa shape index (κ2) is 8.07. The maximum atomic E-state index is 12.8. The molecule has 0 saturated carbocycles. The van der Waals surface area contributed by atoms with E-state index in [2.05, 4.69) is 12.0 Å². The standard InChI is InChI=1S/C19H23N3O3/c1-2-3-11-22-18(23)10-9-16(20-22)19(24)21-12-13-25-17(14-21)15-7-5-4-6-8-15/h4-10,17H,2-3,11-14H2,1H3. The Morgan fingerprint density at radius 3 is 2.80 bits per heavy atom. The van der Waals surface area contributed by atoms with Gasteiger partial charge in [-0.05, 0) is 18.1 Å². The van der Waals surface area contributed by atoms with Gasteiger partial charge in [0.1, 0.15) is 11.8 Å². The van der Waals surface area contributed by atoms with Gasteiger partial charge in [-0.3, -0.25) is 9.59 Å². The molecule has 0 bridgehead atoms. The lowest BCUT2D eigenvalue weighted by atomic mass is 10.1. The second-order valence-corrected chi connectivity index (χ2v) is 6.15. The molecule has 1 saturated heterocycles. The number of hydrogen-bond donors (Lipinski definition) is 0. The number of hydrogen-bond acceptors (Lipinski definition) is 4. The molecular weight excluding hydrogens is 318 g/mol. The second-order valence-electron chi connectivity index (χ2n) is 6.15. The number of unbranched alkanes of at least 4 members (excludes halogenated alkanes) is 1. The largest absolute Gasteiger partial charge is 0.370 e. The summed E-state index contributed by atoms with van der Waals surface area (Å²) >= 11 is 0. The van der Waals surface area contributed by atoms with Crippen LogP contribution < -0.4 is 5.56 Å². The zero-order valence-electron chi connectivity index (χ0n) is 14.4. The van der Waals surface area contributed by atoms with Gasteiger partial charge in [0.25, 0.3) is 11.5 Å². The van der Waals surface area contributed by atoms with Crippen molar-refractivity contribution in [1.82, 2.24) is 14.7 Å². The third-order valence-corrected chi connectivity index (χ3v) is 4.33. The first-order chi connectivity index (χ1) is 12.2. The molecule has 0 radical (unpaired) electrons. The summed E-state index contributed by atoms with van der Waals surface area (Å²) in [6, 6.07) is 12.8. The fraction of sp³-hybridized carbons (Fsp3) is 0.421. The quantitative estimate of drug-likeness (QED) is 0.837. The highest BCUT2D eigenvalue weighted by Crippen LogP contribution is 2.22. The zero-order valence-corrected chi connectivity index (χ0v) is 14.4. The van der Waals surface area contributed by atoms with Crippen LogP contribution in [0.3, 0.4) is 0 Å². The van der Waals surface area contributed by atoms with Crippen LogP contribution in [0.4, 0.5) is 0 Å². The van der Waals surface area contributed by atoms with Crippen LogP contribution in [-0.2, 0) is 11.3 Å². The molecule has 25 heavy (non-hydrogen) atoms. The maximum absolute atomic E-state index is 12.8. The maximum Gasteiger partial charge on any atom is 0.274 e. The molecule has 1 unspecified atom stereocenters. The third-order valence-electron chi connectivity index (χ3n) is 4.33. The Kier molecular flexibility index (Phi) is 5.60. The summed E-state index contributed by atoms with van der Waals surface area (Å²) < 4.78 is 7.19. The van der Waals surface area contributed by atoms with Gasteiger partial charge >= 0.3 is 0 Å². The molecular formula is C19H23N3O3. The third kappa shape index (κ3) is 4.14. The van der Waals surface area contributed by atoms with Crippen LogP contribution in [0.1, 0.15) is 41.9 Å². The highest BCUT2D eigenvalue weighted by Gasteiger charge is 2.27. The van der Waals surface area contributed by atoms with E-state index in [1.165, 1.54) is 16.8 Å². The number of nitrogens with zero attached hydrogens (tertiary/aromatic N) is 3. The summed E-state index contributed by atoms with van der Waals surface area (Å²) in [5, 5.41) is 4.25. The van der Waals surface area contributed by atoms with E-state index in [-0.39, 0.29) is 17.6 Å². The van der Waals surface area contributed by atoms with Gasteiger partial charge in [-0.15, -0.1) is 0 Å². The van der Waals surface area contributed by atoms with Gasteiger partial charge < -0.3 is 9.64 Å². The molecule has 2 aromatic rings. The number of carbonyl (C=O) groups excluding carboxylic acids is 1. The summed E-state index contributed by atoms with van der Waals surface area (Å²) in [7, 11) is 0. The molecule has 132 valence electrons. The van der Waals surface area contributed by atoms with Gasteiger partial charge in [-0.1, -0.05) is 43.7 Å². The minimum absolute atomic E-state index is 0.134. The number of amides is 1. The van der Waals surface area contributed by atoms with Crippen molar-refractivity contribution in [1.29, 1.82) is 0 Å². The van der Waals surface area contributed by atoms with Crippen LogP contribution in [0.2, 0.25) is 0 Å². The number of aryl methyl sites for hydroxylation is 1.